The smallest absolute Gasteiger partial charge is 0.0908 e. The van der Waals surface area contributed by atoms with Gasteiger partial charge in [0.15, 0.2) is 0 Å². The SMILES string of the molecule is CN(Cc1cccc(N)c1)c1cccs1. The van der Waals surface area contributed by atoms with Gasteiger partial charge < -0.3 is 10.6 Å². The van der Waals surface area contributed by atoms with E-state index in [9.17, 15) is 0 Å². The molecule has 0 radical (unpaired) electrons. The van der Waals surface area contributed by atoms with Gasteiger partial charge in [0.1, 0.15) is 0 Å². The fourth-order valence-electron chi connectivity index (χ4n) is 1.53. The summed E-state index contributed by atoms with van der Waals surface area (Å²) in [6.07, 6.45) is 0. The second-order valence-corrected chi connectivity index (χ2v) is 4.48. The van der Waals surface area contributed by atoms with Crippen molar-refractivity contribution < 1.29 is 0 Å². The maximum Gasteiger partial charge on any atom is 0.0908 e. The molecule has 0 spiro atoms. The Morgan fingerprint density at radius 3 is 2.80 bits per heavy atom. The highest BCUT2D eigenvalue weighted by Gasteiger charge is 2.02. The Morgan fingerprint density at radius 1 is 1.27 bits per heavy atom. The maximum absolute atomic E-state index is 5.74. The van der Waals surface area contributed by atoms with Crippen LogP contribution in [0.3, 0.4) is 0 Å². The Labute approximate surface area is 94.0 Å². The molecule has 0 atom stereocenters. The van der Waals surface area contributed by atoms with Crippen LogP contribution in [0.1, 0.15) is 5.56 Å². The van der Waals surface area contributed by atoms with Crippen molar-refractivity contribution in [1.29, 1.82) is 0 Å². The van der Waals surface area contributed by atoms with Gasteiger partial charge in [-0.2, -0.15) is 0 Å². The van der Waals surface area contributed by atoms with Crippen LogP contribution in [0.15, 0.2) is 41.8 Å². The molecular weight excluding hydrogens is 204 g/mol. The van der Waals surface area contributed by atoms with Crippen molar-refractivity contribution in [3.63, 3.8) is 0 Å². The topological polar surface area (TPSA) is 29.3 Å². The average molecular weight is 218 g/mol. The zero-order valence-electron chi connectivity index (χ0n) is 8.68. The maximum atomic E-state index is 5.74. The average Bonchev–Trinajstić information content (AvgIpc) is 2.70. The van der Waals surface area contributed by atoms with Gasteiger partial charge in [-0.15, -0.1) is 11.3 Å². The summed E-state index contributed by atoms with van der Waals surface area (Å²) in [4.78, 5) is 2.22. The van der Waals surface area contributed by atoms with Crippen LogP contribution in [0, 0.1) is 0 Å². The molecule has 0 bridgehead atoms. The fraction of sp³-hybridized carbons (Fsp3) is 0.167. The third kappa shape index (κ3) is 2.50. The Balaban J connectivity index is 2.09. The number of thiophene rings is 1. The van der Waals surface area contributed by atoms with E-state index < -0.39 is 0 Å². The van der Waals surface area contributed by atoms with E-state index in [0.29, 0.717) is 0 Å². The van der Waals surface area contributed by atoms with Gasteiger partial charge in [0, 0.05) is 19.3 Å². The van der Waals surface area contributed by atoms with Crippen molar-refractivity contribution in [2.45, 2.75) is 6.54 Å². The number of nitrogen functional groups attached to an aromatic ring is 1. The first-order valence-corrected chi connectivity index (χ1v) is 5.73. The summed E-state index contributed by atoms with van der Waals surface area (Å²) < 4.78 is 0. The first kappa shape index (κ1) is 10.1. The highest BCUT2D eigenvalue weighted by Crippen LogP contribution is 2.21. The molecule has 0 amide bonds. The standard InChI is InChI=1S/C12H14N2S/c1-14(12-6-3-7-15-12)9-10-4-2-5-11(13)8-10/h2-8H,9,13H2,1H3. The van der Waals surface area contributed by atoms with Gasteiger partial charge in [0.2, 0.25) is 0 Å². The lowest BCUT2D eigenvalue weighted by Gasteiger charge is -2.17. The Bertz CT molecular complexity index is 423. The largest absolute Gasteiger partial charge is 0.399 e. The molecule has 1 aromatic carbocycles. The molecule has 0 fully saturated rings. The molecule has 0 aliphatic heterocycles. The number of nitrogens with two attached hydrogens (primary N) is 1. The van der Waals surface area contributed by atoms with Crippen molar-refractivity contribution in [1.82, 2.24) is 0 Å². The van der Waals surface area contributed by atoms with Crippen molar-refractivity contribution in [3.05, 3.63) is 47.3 Å². The first-order valence-electron chi connectivity index (χ1n) is 4.85. The molecule has 2 N–H and O–H groups in total. The second-order valence-electron chi connectivity index (χ2n) is 3.55. The number of rotatable bonds is 3. The van der Waals surface area contributed by atoms with Gasteiger partial charge in [0.05, 0.1) is 5.00 Å². The lowest BCUT2D eigenvalue weighted by molar-refractivity contribution is 0.935. The third-order valence-electron chi connectivity index (χ3n) is 2.25. The summed E-state index contributed by atoms with van der Waals surface area (Å²) in [5.74, 6) is 0. The molecule has 3 heteroatoms. The monoisotopic (exact) mass is 218 g/mol. The van der Waals surface area contributed by atoms with E-state index in [1.807, 2.05) is 18.2 Å². The van der Waals surface area contributed by atoms with Gasteiger partial charge in [0.25, 0.3) is 0 Å². The Kier molecular flexibility index (Phi) is 2.92. The number of hydrogen-bond donors (Lipinski definition) is 1. The van der Waals surface area contributed by atoms with Crippen molar-refractivity contribution in [2.24, 2.45) is 0 Å². The zero-order valence-corrected chi connectivity index (χ0v) is 9.50. The third-order valence-corrected chi connectivity index (χ3v) is 3.24. The molecule has 2 nitrogen and oxygen atoms in total. The molecule has 0 unspecified atom stereocenters. The van der Waals surface area contributed by atoms with Crippen molar-refractivity contribution in [3.8, 4) is 0 Å². The van der Waals surface area contributed by atoms with Gasteiger partial charge in [-0.1, -0.05) is 12.1 Å². The van der Waals surface area contributed by atoms with Crippen LogP contribution >= 0.6 is 11.3 Å². The van der Waals surface area contributed by atoms with Crippen LogP contribution in [0.25, 0.3) is 0 Å². The predicted octanol–water partition coefficient (Wildman–Crippen LogP) is 2.97. The zero-order chi connectivity index (χ0) is 10.7. The van der Waals surface area contributed by atoms with E-state index in [0.717, 1.165) is 12.2 Å². The number of anilines is 2. The van der Waals surface area contributed by atoms with Crippen LogP contribution in [-0.2, 0) is 6.54 Å². The highest BCUT2D eigenvalue weighted by atomic mass is 32.1. The molecular formula is C12H14N2S. The molecule has 2 aromatic rings. The van der Waals surface area contributed by atoms with Crippen LogP contribution in [0.2, 0.25) is 0 Å². The highest BCUT2D eigenvalue weighted by molar-refractivity contribution is 7.14. The van der Waals surface area contributed by atoms with Crippen LogP contribution in [-0.4, -0.2) is 7.05 Å². The summed E-state index contributed by atoms with van der Waals surface area (Å²) in [5.41, 5.74) is 7.80. The quantitative estimate of drug-likeness (QED) is 0.802. The van der Waals surface area contributed by atoms with Gasteiger partial charge >= 0.3 is 0 Å². The Morgan fingerprint density at radius 2 is 2.13 bits per heavy atom. The molecule has 0 saturated heterocycles. The van der Waals surface area contributed by atoms with Gasteiger partial charge in [-0.25, -0.2) is 0 Å². The van der Waals surface area contributed by atoms with E-state index in [-0.39, 0.29) is 0 Å². The fourth-order valence-corrected chi connectivity index (χ4v) is 2.23. The molecule has 0 aliphatic carbocycles. The summed E-state index contributed by atoms with van der Waals surface area (Å²) in [5, 5.41) is 3.36. The normalized spacial score (nSPS) is 10.2. The second kappa shape index (κ2) is 4.36. The summed E-state index contributed by atoms with van der Waals surface area (Å²) in [6.45, 7) is 0.894. The number of hydrogen-bond acceptors (Lipinski definition) is 3. The molecule has 1 heterocycles. The summed E-state index contributed by atoms with van der Waals surface area (Å²) in [7, 11) is 2.09. The minimum atomic E-state index is 0.826. The lowest BCUT2D eigenvalue weighted by Crippen LogP contribution is -2.14. The van der Waals surface area contributed by atoms with E-state index in [4.69, 9.17) is 5.73 Å². The van der Waals surface area contributed by atoms with E-state index >= 15 is 0 Å². The summed E-state index contributed by atoms with van der Waals surface area (Å²) >= 11 is 1.75. The van der Waals surface area contributed by atoms with Crippen molar-refractivity contribution in [2.75, 3.05) is 17.7 Å². The van der Waals surface area contributed by atoms with Gasteiger partial charge in [-0.3, -0.25) is 0 Å². The molecule has 0 saturated carbocycles. The van der Waals surface area contributed by atoms with Crippen molar-refractivity contribution >= 4 is 22.0 Å². The lowest BCUT2D eigenvalue weighted by atomic mass is 10.2. The van der Waals surface area contributed by atoms with E-state index in [1.54, 1.807) is 11.3 Å². The molecule has 15 heavy (non-hydrogen) atoms. The predicted molar refractivity (Wildman–Crippen MR) is 67.3 cm³/mol. The van der Waals surface area contributed by atoms with E-state index in [1.165, 1.54) is 10.6 Å². The minimum absolute atomic E-state index is 0.826. The first-order chi connectivity index (χ1) is 7.25. The van der Waals surface area contributed by atoms with Crippen LogP contribution in [0.5, 0.6) is 0 Å². The molecule has 1 aromatic heterocycles. The summed E-state index contributed by atoms with van der Waals surface area (Å²) in [6, 6.07) is 12.2. The number of benzene rings is 1. The Hall–Kier alpha value is -1.48. The van der Waals surface area contributed by atoms with Gasteiger partial charge in [-0.05, 0) is 35.2 Å². The molecule has 78 valence electrons. The minimum Gasteiger partial charge on any atom is -0.399 e. The molecule has 0 aliphatic rings. The van der Waals surface area contributed by atoms with Crippen LogP contribution < -0.4 is 10.6 Å². The van der Waals surface area contributed by atoms with E-state index in [2.05, 4.69) is 35.5 Å². The van der Waals surface area contributed by atoms with Crippen LogP contribution in [0.4, 0.5) is 10.7 Å². The molecule has 2 rings (SSSR count). The number of nitrogens with zero attached hydrogens (tertiary/aromatic N) is 1.